The van der Waals surface area contributed by atoms with E-state index in [1.807, 2.05) is 26.1 Å². The Morgan fingerprint density at radius 3 is 2.95 bits per heavy atom. The van der Waals surface area contributed by atoms with E-state index in [0.717, 1.165) is 27.5 Å². The predicted molar refractivity (Wildman–Crippen MR) is 72.1 cm³/mol. The van der Waals surface area contributed by atoms with Crippen molar-refractivity contribution in [2.24, 2.45) is 7.05 Å². The van der Waals surface area contributed by atoms with Gasteiger partial charge in [0, 0.05) is 24.2 Å². The monoisotopic (exact) mass is 252 g/mol. The molecule has 4 rings (SSSR count). The van der Waals surface area contributed by atoms with E-state index in [4.69, 9.17) is 4.74 Å². The standard InChI is InChI=1S/C15H12N2O2/c1-8-12-10(15(18)19-8)7-16-13-9-5-3-4-6-11(9)17(2)14(12)13/h3-8H,1-2H3. The maximum atomic E-state index is 11.8. The molecule has 1 aliphatic heterocycles. The van der Waals surface area contributed by atoms with Crippen LogP contribution in [0.1, 0.15) is 28.9 Å². The van der Waals surface area contributed by atoms with Crippen molar-refractivity contribution in [1.29, 1.82) is 0 Å². The average molecular weight is 252 g/mol. The van der Waals surface area contributed by atoms with E-state index < -0.39 is 0 Å². The lowest BCUT2D eigenvalue weighted by Gasteiger charge is -2.06. The minimum Gasteiger partial charge on any atom is -0.454 e. The van der Waals surface area contributed by atoms with Gasteiger partial charge < -0.3 is 9.30 Å². The number of nitrogens with zero attached hydrogens (tertiary/aromatic N) is 2. The first-order valence-electron chi connectivity index (χ1n) is 6.25. The summed E-state index contributed by atoms with van der Waals surface area (Å²) in [4.78, 5) is 16.2. The molecule has 0 spiro atoms. The van der Waals surface area contributed by atoms with Crippen molar-refractivity contribution in [2.75, 3.05) is 0 Å². The highest BCUT2D eigenvalue weighted by molar-refractivity contribution is 6.10. The maximum Gasteiger partial charge on any atom is 0.340 e. The Morgan fingerprint density at radius 2 is 2.11 bits per heavy atom. The van der Waals surface area contributed by atoms with Crippen molar-refractivity contribution in [1.82, 2.24) is 9.55 Å². The molecule has 1 atom stereocenters. The molecule has 0 radical (unpaired) electrons. The SMILES string of the molecule is CC1OC(=O)c2cnc3c4ccccc4n(C)c3c21. The quantitative estimate of drug-likeness (QED) is 0.578. The molecule has 0 amide bonds. The van der Waals surface area contributed by atoms with Gasteiger partial charge in [0.1, 0.15) is 6.10 Å². The fraction of sp³-hybridized carbons (Fsp3) is 0.200. The lowest BCUT2D eigenvalue weighted by Crippen LogP contribution is -1.96. The van der Waals surface area contributed by atoms with Crippen molar-refractivity contribution < 1.29 is 9.53 Å². The number of carbonyl (C=O) groups is 1. The summed E-state index contributed by atoms with van der Waals surface area (Å²) < 4.78 is 7.39. The average Bonchev–Trinajstić information content (AvgIpc) is 2.87. The van der Waals surface area contributed by atoms with Gasteiger partial charge in [0.05, 0.1) is 22.1 Å². The molecule has 4 nitrogen and oxygen atoms in total. The predicted octanol–water partition coefficient (Wildman–Crippen LogP) is 2.96. The lowest BCUT2D eigenvalue weighted by molar-refractivity contribution is 0.0423. The number of benzene rings is 1. The first-order chi connectivity index (χ1) is 9.18. The van der Waals surface area contributed by atoms with Gasteiger partial charge in [-0.3, -0.25) is 4.98 Å². The molecule has 0 bridgehead atoms. The second-order valence-corrected chi connectivity index (χ2v) is 4.91. The number of aromatic nitrogens is 2. The van der Waals surface area contributed by atoms with Gasteiger partial charge >= 0.3 is 5.97 Å². The van der Waals surface area contributed by atoms with Gasteiger partial charge in [0.25, 0.3) is 0 Å². The molecule has 0 saturated heterocycles. The number of fused-ring (bicyclic) bond motifs is 5. The van der Waals surface area contributed by atoms with Crippen LogP contribution in [0.15, 0.2) is 30.5 Å². The zero-order chi connectivity index (χ0) is 13.1. The summed E-state index contributed by atoms with van der Waals surface area (Å²) in [6, 6.07) is 8.12. The van der Waals surface area contributed by atoms with Gasteiger partial charge in [-0.05, 0) is 13.0 Å². The van der Waals surface area contributed by atoms with Gasteiger partial charge in [-0.15, -0.1) is 0 Å². The third kappa shape index (κ3) is 1.18. The molecule has 3 aromatic rings. The van der Waals surface area contributed by atoms with Crippen LogP contribution in [0, 0.1) is 0 Å². The van der Waals surface area contributed by atoms with Crippen molar-refractivity contribution >= 4 is 27.9 Å². The minimum atomic E-state index is -0.276. The van der Waals surface area contributed by atoms with Crippen LogP contribution in [-0.2, 0) is 11.8 Å². The number of para-hydroxylation sites is 1. The van der Waals surface area contributed by atoms with Crippen LogP contribution in [0.2, 0.25) is 0 Å². The minimum absolute atomic E-state index is 0.212. The second-order valence-electron chi connectivity index (χ2n) is 4.91. The summed E-state index contributed by atoms with van der Waals surface area (Å²) >= 11 is 0. The molecule has 1 aromatic carbocycles. The Hall–Kier alpha value is -2.36. The second kappa shape index (κ2) is 3.35. The third-order valence-corrected chi connectivity index (χ3v) is 3.86. The molecular formula is C15H12N2O2. The smallest absolute Gasteiger partial charge is 0.340 e. The zero-order valence-corrected chi connectivity index (χ0v) is 10.7. The van der Waals surface area contributed by atoms with E-state index in [9.17, 15) is 4.79 Å². The van der Waals surface area contributed by atoms with Crippen molar-refractivity contribution in [3.63, 3.8) is 0 Å². The molecule has 1 aliphatic rings. The lowest BCUT2D eigenvalue weighted by atomic mass is 10.1. The summed E-state index contributed by atoms with van der Waals surface area (Å²) in [6.45, 7) is 1.90. The number of cyclic esters (lactones) is 1. The van der Waals surface area contributed by atoms with E-state index in [2.05, 4.69) is 21.7 Å². The van der Waals surface area contributed by atoms with Crippen LogP contribution in [0.3, 0.4) is 0 Å². The molecule has 4 heteroatoms. The van der Waals surface area contributed by atoms with Gasteiger partial charge in [0.2, 0.25) is 0 Å². The number of pyridine rings is 1. The molecular weight excluding hydrogens is 240 g/mol. The van der Waals surface area contributed by atoms with Crippen LogP contribution in [0.5, 0.6) is 0 Å². The molecule has 19 heavy (non-hydrogen) atoms. The van der Waals surface area contributed by atoms with E-state index in [-0.39, 0.29) is 12.1 Å². The first kappa shape index (κ1) is 10.6. The van der Waals surface area contributed by atoms with Gasteiger partial charge in [-0.1, -0.05) is 18.2 Å². The zero-order valence-electron chi connectivity index (χ0n) is 10.7. The van der Waals surface area contributed by atoms with E-state index >= 15 is 0 Å². The number of esters is 1. The number of rotatable bonds is 0. The Balaban J connectivity index is 2.27. The first-order valence-corrected chi connectivity index (χ1v) is 6.25. The Labute approximate surface area is 109 Å². The fourth-order valence-corrected chi connectivity index (χ4v) is 3.00. The van der Waals surface area contributed by atoms with E-state index in [1.54, 1.807) is 6.20 Å². The van der Waals surface area contributed by atoms with Gasteiger partial charge in [-0.25, -0.2) is 4.79 Å². The highest BCUT2D eigenvalue weighted by Crippen LogP contribution is 2.38. The van der Waals surface area contributed by atoms with Crippen LogP contribution >= 0.6 is 0 Å². The number of ether oxygens (including phenoxy) is 1. The maximum absolute atomic E-state index is 11.8. The van der Waals surface area contributed by atoms with Crippen molar-refractivity contribution in [2.45, 2.75) is 13.0 Å². The van der Waals surface area contributed by atoms with Crippen molar-refractivity contribution in [3.8, 4) is 0 Å². The summed E-state index contributed by atoms with van der Waals surface area (Å²) in [6.07, 6.45) is 1.42. The molecule has 94 valence electrons. The summed E-state index contributed by atoms with van der Waals surface area (Å²) in [5.74, 6) is -0.276. The topological polar surface area (TPSA) is 44.1 Å². The van der Waals surface area contributed by atoms with Gasteiger partial charge in [-0.2, -0.15) is 0 Å². The normalized spacial score (nSPS) is 18.0. The Bertz CT molecular complexity index is 848. The third-order valence-electron chi connectivity index (χ3n) is 3.86. The molecule has 0 fully saturated rings. The molecule has 1 unspecified atom stereocenters. The molecule has 0 aliphatic carbocycles. The number of carbonyl (C=O) groups excluding carboxylic acids is 1. The number of aryl methyl sites for hydroxylation is 1. The van der Waals surface area contributed by atoms with Crippen LogP contribution in [0.4, 0.5) is 0 Å². The summed E-state index contributed by atoms with van der Waals surface area (Å²) in [5.41, 5.74) is 4.59. The molecule has 2 aromatic heterocycles. The number of hydrogen-bond donors (Lipinski definition) is 0. The summed E-state index contributed by atoms with van der Waals surface area (Å²) in [7, 11) is 2.00. The highest BCUT2D eigenvalue weighted by atomic mass is 16.5. The highest BCUT2D eigenvalue weighted by Gasteiger charge is 2.32. The molecule has 0 N–H and O–H groups in total. The van der Waals surface area contributed by atoms with Crippen LogP contribution in [0.25, 0.3) is 21.9 Å². The molecule has 0 saturated carbocycles. The summed E-state index contributed by atoms with van der Waals surface area (Å²) in [5, 5.41) is 1.11. The Kier molecular flexibility index (Phi) is 1.86. The van der Waals surface area contributed by atoms with Crippen LogP contribution < -0.4 is 0 Å². The van der Waals surface area contributed by atoms with Crippen LogP contribution in [-0.4, -0.2) is 15.5 Å². The van der Waals surface area contributed by atoms with E-state index in [0.29, 0.717) is 5.56 Å². The van der Waals surface area contributed by atoms with E-state index in [1.165, 1.54) is 0 Å². The van der Waals surface area contributed by atoms with Gasteiger partial charge in [0.15, 0.2) is 0 Å². The molecule has 3 heterocycles. The number of hydrogen-bond acceptors (Lipinski definition) is 3. The Morgan fingerprint density at radius 1 is 1.32 bits per heavy atom. The fourth-order valence-electron chi connectivity index (χ4n) is 3.00. The van der Waals surface area contributed by atoms with Crippen molar-refractivity contribution in [3.05, 3.63) is 41.6 Å². The largest absolute Gasteiger partial charge is 0.454 e.